The van der Waals surface area contributed by atoms with Crippen molar-refractivity contribution < 1.29 is 9.53 Å². The molecule has 0 fully saturated rings. The lowest BCUT2D eigenvalue weighted by atomic mass is 10.1. The molecule has 0 radical (unpaired) electrons. The maximum absolute atomic E-state index is 11.6. The number of carbonyl (C=O) groups excluding carboxylic acids is 1. The molecule has 1 unspecified atom stereocenters. The van der Waals surface area contributed by atoms with Crippen LogP contribution in [0, 0.1) is 0 Å². The molecule has 21 heavy (non-hydrogen) atoms. The van der Waals surface area contributed by atoms with E-state index in [2.05, 4.69) is 17.1 Å². The topological polar surface area (TPSA) is 39.2 Å². The largest absolute Gasteiger partial charge is 0.465 e. The Morgan fingerprint density at radius 1 is 1.24 bits per heavy atom. The Balaban J connectivity index is 1.94. The molecular formula is C17H19NO2S. The number of pyridine rings is 1. The van der Waals surface area contributed by atoms with E-state index >= 15 is 0 Å². The van der Waals surface area contributed by atoms with Crippen molar-refractivity contribution in [3.8, 4) is 0 Å². The fourth-order valence-corrected chi connectivity index (χ4v) is 2.78. The van der Waals surface area contributed by atoms with Crippen LogP contribution in [0.25, 0.3) is 0 Å². The predicted molar refractivity (Wildman–Crippen MR) is 85.4 cm³/mol. The van der Waals surface area contributed by atoms with Crippen LogP contribution in [-0.4, -0.2) is 22.8 Å². The zero-order valence-electron chi connectivity index (χ0n) is 12.3. The van der Waals surface area contributed by atoms with Gasteiger partial charge < -0.3 is 4.74 Å². The molecule has 0 aliphatic rings. The lowest BCUT2D eigenvalue weighted by Gasteiger charge is -2.10. The number of hydrogen-bond acceptors (Lipinski definition) is 4. The third-order valence-electron chi connectivity index (χ3n) is 2.97. The summed E-state index contributed by atoms with van der Waals surface area (Å²) < 4.78 is 5.01. The zero-order chi connectivity index (χ0) is 15.1. The first kappa shape index (κ1) is 15.6. The molecule has 4 heteroatoms. The van der Waals surface area contributed by atoms with Gasteiger partial charge in [-0.3, -0.25) is 9.78 Å². The number of rotatable bonds is 6. The summed E-state index contributed by atoms with van der Waals surface area (Å²) in [6, 6.07) is 14.2. The van der Waals surface area contributed by atoms with E-state index in [1.54, 1.807) is 6.20 Å². The van der Waals surface area contributed by atoms with Gasteiger partial charge in [-0.25, -0.2) is 0 Å². The van der Waals surface area contributed by atoms with E-state index in [0.29, 0.717) is 6.61 Å². The lowest BCUT2D eigenvalue weighted by Crippen LogP contribution is -2.16. The van der Waals surface area contributed by atoms with Crippen LogP contribution in [0.4, 0.5) is 0 Å². The Labute approximate surface area is 129 Å². The average Bonchev–Trinajstić information content (AvgIpc) is 2.50. The highest BCUT2D eigenvalue weighted by Crippen LogP contribution is 2.24. The minimum absolute atomic E-state index is 0.167. The van der Waals surface area contributed by atoms with Crippen LogP contribution < -0.4 is 0 Å². The average molecular weight is 301 g/mol. The van der Waals surface area contributed by atoms with E-state index in [4.69, 9.17) is 4.74 Å². The molecule has 2 aromatic rings. The van der Waals surface area contributed by atoms with Crippen LogP contribution in [0.15, 0.2) is 53.6 Å². The molecule has 0 amide bonds. The van der Waals surface area contributed by atoms with Crippen LogP contribution in [0.2, 0.25) is 0 Å². The summed E-state index contributed by atoms with van der Waals surface area (Å²) in [5, 5.41) is -0.188. The van der Waals surface area contributed by atoms with E-state index in [1.807, 2.05) is 44.2 Å². The van der Waals surface area contributed by atoms with Crippen molar-refractivity contribution in [1.29, 1.82) is 0 Å². The predicted octanol–water partition coefficient (Wildman–Crippen LogP) is 3.72. The maximum Gasteiger partial charge on any atom is 0.319 e. The molecule has 0 bridgehead atoms. The number of ether oxygens (including phenoxy) is 1. The lowest BCUT2D eigenvalue weighted by molar-refractivity contribution is -0.142. The molecular weight excluding hydrogens is 282 g/mol. The van der Waals surface area contributed by atoms with Crippen molar-refractivity contribution in [1.82, 2.24) is 4.98 Å². The van der Waals surface area contributed by atoms with Gasteiger partial charge in [-0.15, -0.1) is 11.8 Å². The number of thioether (sulfide) groups is 1. The summed E-state index contributed by atoms with van der Waals surface area (Å²) in [5.74, 6) is -0.167. The van der Waals surface area contributed by atoms with Crippen LogP contribution in [-0.2, 0) is 16.0 Å². The number of hydrogen-bond donors (Lipinski definition) is 0. The van der Waals surface area contributed by atoms with E-state index in [1.165, 1.54) is 17.3 Å². The van der Waals surface area contributed by atoms with Gasteiger partial charge in [0, 0.05) is 23.2 Å². The van der Waals surface area contributed by atoms with Crippen molar-refractivity contribution >= 4 is 17.7 Å². The van der Waals surface area contributed by atoms with Crippen LogP contribution in [0.3, 0.4) is 0 Å². The third-order valence-corrected chi connectivity index (χ3v) is 4.06. The fourth-order valence-electron chi connectivity index (χ4n) is 1.91. The number of esters is 1. The third kappa shape index (κ3) is 4.90. The first-order chi connectivity index (χ1) is 10.2. The number of benzene rings is 1. The quantitative estimate of drug-likeness (QED) is 0.602. The maximum atomic E-state index is 11.6. The second-order valence-corrected chi connectivity index (χ2v) is 6.07. The monoisotopic (exact) mass is 301 g/mol. The Kier molecular flexibility index (Phi) is 5.81. The van der Waals surface area contributed by atoms with Gasteiger partial charge in [0.05, 0.1) is 6.61 Å². The normalized spacial score (nSPS) is 11.9. The molecule has 1 aromatic carbocycles. The Bertz CT molecular complexity index is 569. The molecule has 0 N–H and O–H groups in total. The van der Waals surface area contributed by atoms with Crippen molar-refractivity contribution in [3.05, 3.63) is 59.9 Å². The first-order valence-electron chi connectivity index (χ1n) is 7.01. The molecule has 0 saturated heterocycles. The first-order valence-corrected chi connectivity index (χ1v) is 7.89. The van der Waals surface area contributed by atoms with Gasteiger partial charge in [0.2, 0.25) is 0 Å². The van der Waals surface area contributed by atoms with Gasteiger partial charge in [0.1, 0.15) is 5.25 Å². The van der Waals surface area contributed by atoms with E-state index in [9.17, 15) is 4.79 Å². The summed E-state index contributed by atoms with van der Waals surface area (Å²) in [5.41, 5.74) is 2.26. The highest BCUT2D eigenvalue weighted by Gasteiger charge is 2.15. The summed E-state index contributed by atoms with van der Waals surface area (Å²) in [4.78, 5) is 17.0. The van der Waals surface area contributed by atoms with Gasteiger partial charge >= 0.3 is 5.97 Å². The number of nitrogens with zero attached hydrogens (tertiary/aromatic N) is 1. The standard InChI is InChI=1S/C17H19NO2S/c1-3-20-17(19)13(2)21-16-9-7-14(8-10-16)12-15-6-4-5-11-18-15/h4-11,13H,3,12H2,1-2H3. The van der Waals surface area contributed by atoms with E-state index < -0.39 is 0 Å². The second-order valence-electron chi connectivity index (χ2n) is 4.65. The molecule has 1 aromatic heterocycles. The zero-order valence-corrected chi connectivity index (χ0v) is 13.1. The van der Waals surface area contributed by atoms with Crippen molar-refractivity contribution in [3.63, 3.8) is 0 Å². The van der Waals surface area contributed by atoms with Crippen molar-refractivity contribution in [2.75, 3.05) is 6.61 Å². The minimum atomic E-state index is -0.188. The summed E-state index contributed by atoms with van der Waals surface area (Å²) >= 11 is 1.52. The van der Waals surface area contributed by atoms with E-state index in [0.717, 1.165) is 17.0 Å². The number of aromatic nitrogens is 1. The van der Waals surface area contributed by atoms with Crippen LogP contribution in [0.1, 0.15) is 25.1 Å². The SMILES string of the molecule is CCOC(=O)C(C)Sc1ccc(Cc2ccccn2)cc1. The molecule has 110 valence electrons. The summed E-state index contributed by atoms with van der Waals surface area (Å²) in [7, 11) is 0. The van der Waals surface area contributed by atoms with Gasteiger partial charge in [-0.05, 0) is 43.7 Å². The smallest absolute Gasteiger partial charge is 0.319 e. The molecule has 0 aliphatic heterocycles. The molecule has 0 saturated carbocycles. The molecule has 2 rings (SSSR count). The molecule has 1 atom stereocenters. The van der Waals surface area contributed by atoms with Gasteiger partial charge in [0.25, 0.3) is 0 Å². The van der Waals surface area contributed by atoms with Crippen molar-refractivity contribution in [2.45, 2.75) is 30.4 Å². The Morgan fingerprint density at radius 2 is 2.00 bits per heavy atom. The van der Waals surface area contributed by atoms with Crippen LogP contribution >= 0.6 is 11.8 Å². The molecule has 1 heterocycles. The highest BCUT2D eigenvalue weighted by atomic mass is 32.2. The minimum Gasteiger partial charge on any atom is -0.465 e. The van der Waals surface area contributed by atoms with E-state index in [-0.39, 0.29) is 11.2 Å². The summed E-state index contributed by atoms with van der Waals surface area (Å²) in [6.07, 6.45) is 2.62. The summed E-state index contributed by atoms with van der Waals surface area (Å²) in [6.45, 7) is 4.11. The molecule has 0 aliphatic carbocycles. The number of carbonyl (C=O) groups is 1. The second kappa shape index (κ2) is 7.84. The van der Waals surface area contributed by atoms with Gasteiger partial charge in [-0.2, -0.15) is 0 Å². The Morgan fingerprint density at radius 3 is 2.62 bits per heavy atom. The van der Waals surface area contributed by atoms with Gasteiger partial charge in [-0.1, -0.05) is 18.2 Å². The Hall–Kier alpha value is -1.81. The fraction of sp³-hybridized carbons (Fsp3) is 0.294. The van der Waals surface area contributed by atoms with Gasteiger partial charge in [0.15, 0.2) is 0 Å². The molecule has 3 nitrogen and oxygen atoms in total. The molecule has 0 spiro atoms. The van der Waals surface area contributed by atoms with Crippen LogP contribution in [0.5, 0.6) is 0 Å². The van der Waals surface area contributed by atoms with Crippen molar-refractivity contribution in [2.24, 2.45) is 0 Å². The highest BCUT2D eigenvalue weighted by molar-refractivity contribution is 8.00.